The van der Waals surface area contributed by atoms with E-state index >= 15 is 0 Å². The Morgan fingerprint density at radius 2 is 1.18 bits per heavy atom. The molecule has 0 atom stereocenters. The van der Waals surface area contributed by atoms with Crippen LogP contribution in [0.1, 0.15) is 122 Å². The van der Waals surface area contributed by atoms with E-state index in [9.17, 15) is 0 Å². The highest BCUT2D eigenvalue weighted by atomic mass is 15.3. The van der Waals surface area contributed by atoms with E-state index in [-0.39, 0.29) is 0 Å². The maximum absolute atomic E-state index is 5.51. The molecule has 1 fully saturated rings. The van der Waals surface area contributed by atoms with Gasteiger partial charge in [0, 0.05) is 51.9 Å². The van der Waals surface area contributed by atoms with Crippen molar-refractivity contribution in [2.24, 2.45) is 49.0 Å². The zero-order valence-electron chi connectivity index (χ0n) is 35.0. The molecule has 0 aromatic carbocycles. The minimum atomic E-state index is 0.312. The topological polar surface area (TPSA) is 170 Å². The minimum Gasteiger partial charge on any atom is -0.356 e. The average molecular weight is 711 g/mol. The van der Waals surface area contributed by atoms with Crippen LogP contribution in [0.3, 0.4) is 0 Å². The second-order valence-corrected chi connectivity index (χ2v) is 14.9. The van der Waals surface area contributed by atoms with Crippen molar-refractivity contribution >= 4 is 17.9 Å². The van der Waals surface area contributed by atoms with Gasteiger partial charge in [-0.15, -0.1) is 0 Å². The normalized spacial score (nSPS) is 14.7. The summed E-state index contributed by atoms with van der Waals surface area (Å²) < 4.78 is 0. The molecule has 3 heterocycles. The summed E-state index contributed by atoms with van der Waals surface area (Å²) in [5.74, 6) is 3.86. The number of hydrogen-bond donors (Lipinski definition) is 6. The lowest BCUT2D eigenvalue weighted by Gasteiger charge is -2.33. The van der Waals surface area contributed by atoms with E-state index in [1.54, 1.807) is 0 Å². The second kappa shape index (κ2) is 38.0. The van der Waals surface area contributed by atoms with Gasteiger partial charge in [0.25, 0.3) is 0 Å². The van der Waals surface area contributed by atoms with Crippen LogP contribution < -0.4 is 33.2 Å². The van der Waals surface area contributed by atoms with Crippen molar-refractivity contribution in [3.63, 3.8) is 0 Å². The predicted octanol–water partition coefficient (Wildman–Crippen LogP) is 5.01. The van der Waals surface area contributed by atoms with Crippen molar-refractivity contribution in [3.8, 4) is 0 Å². The summed E-state index contributed by atoms with van der Waals surface area (Å²) >= 11 is 0. The molecule has 0 aromatic heterocycles. The zero-order chi connectivity index (χ0) is 38.6. The fraction of sp³-hybridized carbons (Fsp3) is 0.921. The number of fused-ring (bicyclic) bond motifs is 1. The van der Waals surface area contributed by atoms with Crippen LogP contribution in [0.5, 0.6) is 0 Å². The molecule has 9 N–H and O–H groups in total. The lowest BCUT2D eigenvalue weighted by Crippen LogP contribution is -2.49. The molecule has 0 unspecified atom stereocenters. The van der Waals surface area contributed by atoms with Crippen LogP contribution in [0.25, 0.3) is 0 Å². The Labute approximate surface area is 310 Å². The van der Waals surface area contributed by atoms with E-state index in [2.05, 4.69) is 107 Å². The van der Waals surface area contributed by atoms with Crippen molar-refractivity contribution < 1.29 is 0 Å². The van der Waals surface area contributed by atoms with E-state index in [0.29, 0.717) is 18.1 Å². The Morgan fingerprint density at radius 1 is 0.700 bits per heavy atom. The summed E-state index contributed by atoms with van der Waals surface area (Å²) in [6, 6.07) is 3.71. The van der Waals surface area contributed by atoms with Crippen LogP contribution in [0, 0.1) is 11.8 Å². The first kappa shape index (κ1) is 52.1. The molecule has 3 aliphatic heterocycles. The fourth-order valence-corrected chi connectivity index (χ4v) is 3.90. The molecule has 0 bridgehead atoms. The van der Waals surface area contributed by atoms with Crippen molar-refractivity contribution in [3.05, 3.63) is 0 Å². The van der Waals surface area contributed by atoms with Crippen LogP contribution in [0.2, 0.25) is 0 Å². The Morgan fingerprint density at radius 3 is 1.64 bits per heavy atom. The van der Waals surface area contributed by atoms with Crippen molar-refractivity contribution in [2.45, 2.75) is 140 Å². The maximum Gasteiger partial charge on any atom is 0.194 e. The molecule has 1 saturated heterocycles. The van der Waals surface area contributed by atoms with Gasteiger partial charge >= 0.3 is 0 Å². The SMILES string of the molecule is C1CN=C2NCCCN2C1.CC(C)C.CC(C)C.CC(C)N=C=NC(C)C.CC(C)NC1=NCCCN1CCCN.NCCCNCCCN. The third-order valence-corrected chi connectivity index (χ3v) is 5.98. The highest BCUT2D eigenvalue weighted by molar-refractivity contribution is 5.81. The third-order valence-electron chi connectivity index (χ3n) is 5.98. The van der Waals surface area contributed by atoms with Crippen LogP contribution in [0.4, 0.5) is 0 Å². The molecule has 3 aliphatic rings. The zero-order valence-corrected chi connectivity index (χ0v) is 35.0. The van der Waals surface area contributed by atoms with E-state index < -0.39 is 0 Å². The molecule has 12 heteroatoms. The van der Waals surface area contributed by atoms with E-state index in [4.69, 9.17) is 17.2 Å². The van der Waals surface area contributed by atoms with Gasteiger partial charge in [0.05, 0.1) is 18.1 Å². The molecule has 0 aliphatic carbocycles. The first-order chi connectivity index (χ1) is 23.7. The van der Waals surface area contributed by atoms with Gasteiger partial charge in [-0.05, 0) is 125 Å². The average Bonchev–Trinajstić information content (AvgIpc) is 3.04. The molecule has 3 rings (SSSR count). The smallest absolute Gasteiger partial charge is 0.194 e. The Kier molecular flexibility index (Phi) is 39.6. The van der Waals surface area contributed by atoms with Gasteiger partial charge in [0.2, 0.25) is 0 Å². The Bertz CT molecular complexity index is 804. The number of rotatable bonds is 12. The van der Waals surface area contributed by atoms with E-state index in [0.717, 1.165) is 115 Å². The molecule has 0 aromatic rings. The van der Waals surface area contributed by atoms with E-state index in [1.165, 1.54) is 25.9 Å². The van der Waals surface area contributed by atoms with Gasteiger partial charge in [-0.2, -0.15) is 0 Å². The quantitative estimate of drug-likeness (QED) is 0.121. The highest BCUT2D eigenvalue weighted by Gasteiger charge is 2.17. The molecule has 0 amide bonds. The number of nitrogens with two attached hydrogens (primary N) is 3. The largest absolute Gasteiger partial charge is 0.356 e. The van der Waals surface area contributed by atoms with Crippen LogP contribution in [-0.4, -0.2) is 124 Å². The standard InChI is InChI=1S/C10H22N4.C7H13N3.C7H14N2.C6H17N3.2C4H10/c1-9(2)13-10-12-6-4-8-14(10)7-3-5-11;1-3-8-7-9-4-2-6-10(7)5-1;1-6(2)8-5-9-7(3)4;7-3-1-5-9-6-2-4-8;2*1-4(2)3/h9H,3-8,11H2,1-2H3,(H,12,13);1-6H2,(H,8,9);6-7H,1-4H3;9H,1-8H2;2*4H,1-3H3. The molecule has 0 saturated carbocycles. The van der Waals surface area contributed by atoms with E-state index in [1.807, 2.05) is 27.7 Å². The van der Waals surface area contributed by atoms with Gasteiger partial charge < -0.3 is 43.0 Å². The van der Waals surface area contributed by atoms with Crippen LogP contribution in [-0.2, 0) is 0 Å². The Hall–Kier alpha value is -2.24. The monoisotopic (exact) mass is 711 g/mol. The summed E-state index contributed by atoms with van der Waals surface area (Å²) in [4.78, 5) is 21.4. The molecule has 298 valence electrons. The van der Waals surface area contributed by atoms with Crippen LogP contribution in [0.15, 0.2) is 20.0 Å². The van der Waals surface area contributed by atoms with Gasteiger partial charge in [-0.25, -0.2) is 9.98 Å². The first-order valence-electron chi connectivity index (χ1n) is 19.8. The molecular weight excluding hydrogens is 625 g/mol. The summed E-state index contributed by atoms with van der Waals surface area (Å²) in [7, 11) is 0. The lowest BCUT2D eigenvalue weighted by atomic mass is 10.2. The minimum absolute atomic E-state index is 0.312. The third kappa shape index (κ3) is 41.9. The summed E-state index contributed by atoms with van der Waals surface area (Å²) in [6.45, 7) is 37.2. The second-order valence-electron chi connectivity index (χ2n) is 14.9. The van der Waals surface area contributed by atoms with Gasteiger partial charge in [-0.1, -0.05) is 41.5 Å². The molecule has 0 radical (unpaired) electrons. The number of hydrogen-bond acceptors (Lipinski definition) is 12. The first-order valence-corrected chi connectivity index (χ1v) is 19.8. The molecule has 0 spiro atoms. The van der Waals surface area contributed by atoms with Gasteiger partial charge in [0.1, 0.15) is 0 Å². The maximum atomic E-state index is 5.51. The molecular formula is C38H86N12. The molecule has 50 heavy (non-hydrogen) atoms. The van der Waals surface area contributed by atoms with Crippen molar-refractivity contribution in [2.75, 3.05) is 78.5 Å². The number of nitrogens with one attached hydrogen (secondary N) is 3. The fourth-order valence-electron chi connectivity index (χ4n) is 3.90. The number of guanidine groups is 2. The summed E-state index contributed by atoms with van der Waals surface area (Å²) in [5.41, 5.74) is 16.1. The lowest BCUT2D eigenvalue weighted by molar-refractivity contribution is 0.346. The molecule has 12 nitrogen and oxygen atoms in total. The Balaban J connectivity index is -0.000000557. The number of nitrogens with zero attached hydrogens (tertiary/aromatic N) is 6. The number of aliphatic imine (C=N–C) groups is 4. The van der Waals surface area contributed by atoms with Gasteiger partial charge in [0.15, 0.2) is 11.9 Å². The summed E-state index contributed by atoms with van der Waals surface area (Å²) in [6.07, 6.45) is 6.81. The highest BCUT2D eigenvalue weighted by Crippen LogP contribution is 2.05. The van der Waals surface area contributed by atoms with Gasteiger partial charge in [-0.3, -0.25) is 9.98 Å². The van der Waals surface area contributed by atoms with Crippen LogP contribution >= 0.6 is 0 Å². The summed E-state index contributed by atoms with van der Waals surface area (Å²) in [5, 5.41) is 9.90. The van der Waals surface area contributed by atoms with Crippen molar-refractivity contribution in [1.82, 2.24) is 25.8 Å². The predicted molar refractivity (Wildman–Crippen MR) is 223 cm³/mol. The van der Waals surface area contributed by atoms with Crippen molar-refractivity contribution in [1.29, 1.82) is 0 Å².